The third kappa shape index (κ3) is 4.98. The first-order chi connectivity index (χ1) is 13.0. The highest BCUT2D eigenvalue weighted by Gasteiger charge is 2.10. The quantitative estimate of drug-likeness (QED) is 0.619. The molecule has 0 aliphatic heterocycles. The zero-order chi connectivity index (χ0) is 19.2. The van der Waals surface area contributed by atoms with Gasteiger partial charge in [0.25, 0.3) is 5.91 Å². The van der Waals surface area contributed by atoms with E-state index < -0.39 is 5.82 Å². The van der Waals surface area contributed by atoms with Crippen LogP contribution in [0.4, 0.5) is 10.2 Å². The van der Waals surface area contributed by atoms with Gasteiger partial charge in [-0.05, 0) is 44.4 Å². The molecule has 2 heterocycles. The molecule has 0 spiro atoms. The number of anilines is 1. The van der Waals surface area contributed by atoms with E-state index in [4.69, 9.17) is 0 Å². The lowest BCUT2D eigenvalue weighted by Crippen LogP contribution is -2.26. The minimum Gasteiger partial charge on any atom is -0.367 e. The first-order valence-electron chi connectivity index (χ1n) is 8.66. The third-order valence-corrected chi connectivity index (χ3v) is 3.91. The maximum absolute atomic E-state index is 13.2. The number of likely N-dealkylation sites (N-methyl/N-ethyl adjacent to an activating group) is 1. The summed E-state index contributed by atoms with van der Waals surface area (Å²) in [4.78, 5) is 14.1. The fourth-order valence-corrected chi connectivity index (χ4v) is 2.51. The molecule has 9 heteroatoms. The highest BCUT2D eigenvalue weighted by Crippen LogP contribution is 2.08. The molecule has 0 fully saturated rings. The summed E-state index contributed by atoms with van der Waals surface area (Å²) in [6.07, 6.45) is 0.455. The molecule has 2 aromatic heterocycles. The summed E-state index contributed by atoms with van der Waals surface area (Å²) in [7, 11) is 4.02. The minimum absolute atomic E-state index is 0.284. The maximum Gasteiger partial charge on any atom is 0.251 e. The number of nitrogens with zero attached hydrogens (tertiary/aromatic N) is 5. The Morgan fingerprint density at radius 2 is 2.04 bits per heavy atom. The molecular weight excluding hydrogens is 349 g/mol. The first kappa shape index (κ1) is 18.7. The molecule has 27 heavy (non-hydrogen) atoms. The molecule has 142 valence electrons. The van der Waals surface area contributed by atoms with Gasteiger partial charge in [0.15, 0.2) is 11.5 Å². The molecular formula is C18H22FN7O. The van der Waals surface area contributed by atoms with Gasteiger partial charge in [-0.15, -0.1) is 15.3 Å². The average molecular weight is 371 g/mol. The van der Waals surface area contributed by atoms with Gasteiger partial charge >= 0.3 is 0 Å². The molecule has 8 nitrogen and oxygen atoms in total. The van der Waals surface area contributed by atoms with Gasteiger partial charge in [-0.25, -0.2) is 4.39 Å². The summed E-state index contributed by atoms with van der Waals surface area (Å²) < 4.78 is 14.9. The lowest BCUT2D eigenvalue weighted by molar-refractivity contribution is 0.0953. The van der Waals surface area contributed by atoms with Crippen LogP contribution in [0.2, 0.25) is 0 Å². The topological polar surface area (TPSA) is 87.5 Å². The highest BCUT2D eigenvalue weighted by molar-refractivity contribution is 5.94. The lowest BCUT2D eigenvalue weighted by atomic mass is 10.2. The zero-order valence-electron chi connectivity index (χ0n) is 15.3. The average Bonchev–Trinajstić information content (AvgIpc) is 3.04. The Bertz CT molecular complexity index is 925. The summed E-state index contributed by atoms with van der Waals surface area (Å²) in [5.74, 6) is 0.599. The molecule has 3 aromatic rings. The van der Waals surface area contributed by atoms with Crippen LogP contribution in [0.25, 0.3) is 5.65 Å². The van der Waals surface area contributed by atoms with Crippen LogP contribution >= 0.6 is 0 Å². The standard InChI is InChI=1S/C18H22FN7O/c1-25(2)11-10-20-15-6-7-16-22-23-17(26(16)24-15)8-9-21-18(27)13-4-3-5-14(19)12-13/h3-7,12H,8-11H2,1-2H3,(H,20,24)(H,21,27). The zero-order valence-corrected chi connectivity index (χ0v) is 15.3. The Morgan fingerprint density at radius 1 is 1.19 bits per heavy atom. The molecule has 0 radical (unpaired) electrons. The van der Waals surface area contributed by atoms with Gasteiger partial charge in [0.1, 0.15) is 11.6 Å². The Balaban J connectivity index is 1.60. The van der Waals surface area contributed by atoms with Crippen LogP contribution in [0.1, 0.15) is 16.2 Å². The summed E-state index contributed by atoms with van der Waals surface area (Å²) in [6, 6.07) is 9.27. The molecule has 1 amide bonds. The van der Waals surface area contributed by atoms with Gasteiger partial charge in [-0.2, -0.15) is 4.52 Å². The van der Waals surface area contributed by atoms with E-state index in [0.29, 0.717) is 24.4 Å². The maximum atomic E-state index is 13.2. The van der Waals surface area contributed by atoms with Gasteiger partial charge < -0.3 is 15.5 Å². The number of aromatic nitrogens is 4. The molecule has 0 unspecified atom stereocenters. The molecule has 2 N–H and O–H groups in total. The second-order valence-corrected chi connectivity index (χ2v) is 6.35. The van der Waals surface area contributed by atoms with Crippen LogP contribution in [0.3, 0.4) is 0 Å². The van der Waals surface area contributed by atoms with E-state index in [0.717, 1.165) is 18.9 Å². The van der Waals surface area contributed by atoms with Crippen molar-refractivity contribution in [2.45, 2.75) is 6.42 Å². The molecule has 0 saturated carbocycles. The van der Waals surface area contributed by atoms with Gasteiger partial charge in [0.05, 0.1) is 0 Å². The van der Waals surface area contributed by atoms with Gasteiger partial charge in [-0.1, -0.05) is 6.07 Å². The van der Waals surface area contributed by atoms with Crippen molar-refractivity contribution in [3.63, 3.8) is 0 Å². The predicted molar refractivity (Wildman–Crippen MR) is 100 cm³/mol. The fourth-order valence-electron chi connectivity index (χ4n) is 2.51. The van der Waals surface area contributed by atoms with Crippen LogP contribution in [0, 0.1) is 5.82 Å². The second-order valence-electron chi connectivity index (χ2n) is 6.35. The number of hydrogen-bond acceptors (Lipinski definition) is 6. The van der Waals surface area contributed by atoms with Crippen LogP contribution in [0.15, 0.2) is 36.4 Å². The Kier molecular flexibility index (Phi) is 5.92. The number of benzene rings is 1. The van der Waals surface area contributed by atoms with Crippen molar-refractivity contribution in [1.29, 1.82) is 0 Å². The van der Waals surface area contributed by atoms with Crippen molar-refractivity contribution in [2.75, 3.05) is 39.0 Å². The van der Waals surface area contributed by atoms with Crippen molar-refractivity contribution >= 4 is 17.4 Å². The summed E-state index contributed by atoms with van der Waals surface area (Å²) >= 11 is 0. The van der Waals surface area contributed by atoms with Crippen molar-refractivity contribution in [2.24, 2.45) is 0 Å². The van der Waals surface area contributed by atoms with Crippen LogP contribution in [-0.4, -0.2) is 64.3 Å². The van der Waals surface area contributed by atoms with E-state index in [-0.39, 0.29) is 11.5 Å². The minimum atomic E-state index is -0.440. The van der Waals surface area contributed by atoms with Gasteiger partial charge in [0.2, 0.25) is 0 Å². The number of hydrogen-bond donors (Lipinski definition) is 2. The van der Waals surface area contributed by atoms with Crippen LogP contribution < -0.4 is 10.6 Å². The van der Waals surface area contributed by atoms with E-state index in [2.05, 4.69) is 30.8 Å². The first-order valence-corrected chi connectivity index (χ1v) is 8.66. The fraction of sp³-hybridized carbons (Fsp3) is 0.333. The summed E-state index contributed by atoms with van der Waals surface area (Å²) in [6.45, 7) is 2.00. The number of carbonyl (C=O) groups is 1. The molecule has 0 atom stereocenters. The number of fused-ring (bicyclic) bond motifs is 1. The summed E-state index contributed by atoms with van der Waals surface area (Å²) in [5.41, 5.74) is 0.922. The predicted octanol–water partition coefficient (Wildman–Crippen LogP) is 1.21. The van der Waals surface area contributed by atoms with Crippen LogP contribution in [0.5, 0.6) is 0 Å². The van der Waals surface area contributed by atoms with Crippen molar-refractivity contribution in [3.8, 4) is 0 Å². The van der Waals surface area contributed by atoms with Crippen molar-refractivity contribution in [1.82, 2.24) is 30.0 Å². The summed E-state index contributed by atoms with van der Waals surface area (Å²) in [5, 5.41) is 18.7. The highest BCUT2D eigenvalue weighted by atomic mass is 19.1. The Labute approximate surface area is 156 Å². The smallest absolute Gasteiger partial charge is 0.251 e. The Morgan fingerprint density at radius 3 is 2.81 bits per heavy atom. The van der Waals surface area contributed by atoms with Crippen molar-refractivity contribution in [3.05, 3.63) is 53.6 Å². The lowest BCUT2D eigenvalue weighted by Gasteiger charge is -2.10. The number of nitrogens with one attached hydrogen (secondary N) is 2. The SMILES string of the molecule is CN(C)CCNc1ccc2nnc(CCNC(=O)c3cccc(F)c3)n2n1. The molecule has 3 rings (SSSR count). The second kappa shape index (κ2) is 8.54. The number of carbonyl (C=O) groups excluding carboxylic acids is 1. The largest absolute Gasteiger partial charge is 0.367 e. The van der Waals surface area contributed by atoms with E-state index in [1.54, 1.807) is 10.6 Å². The van der Waals surface area contributed by atoms with Crippen LogP contribution in [-0.2, 0) is 6.42 Å². The van der Waals surface area contributed by atoms with Gasteiger partial charge in [-0.3, -0.25) is 4.79 Å². The van der Waals surface area contributed by atoms with E-state index in [1.165, 1.54) is 18.2 Å². The monoisotopic (exact) mass is 371 g/mol. The molecule has 0 aliphatic rings. The molecule has 0 saturated heterocycles. The van der Waals surface area contributed by atoms with Crippen molar-refractivity contribution < 1.29 is 9.18 Å². The molecule has 0 bridgehead atoms. The molecule has 1 aromatic carbocycles. The number of amides is 1. The van der Waals surface area contributed by atoms with E-state index >= 15 is 0 Å². The number of halogens is 1. The van der Waals surface area contributed by atoms with E-state index in [9.17, 15) is 9.18 Å². The third-order valence-electron chi connectivity index (χ3n) is 3.91. The van der Waals surface area contributed by atoms with E-state index in [1.807, 2.05) is 26.2 Å². The normalized spacial score (nSPS) is 11.1. The number of rotatable bonds is 8. The van der Waals surface area contributed by atoms with Gasteiger partial charge in [0, 0.05) is 31.6 Å². The Hall–Kier alpha value is -3.07. The molecule has 0 aliphatic carbocycles.